The van der Waals surface area contributed by atoms with Crippen molar-refractivity contribution >= 4 is 17.2 Å². The van der Waals surface area contributed by atoms with Gasteiger partial charge in [-0.25, -0.2) is 4.98 Å². The van der Waals surface area contributed by atoms with Crippen molar-refractivity contribution in [2.24, 2.45) is 5.73 Å². The highest BCUT2D eigenvalue weighted by Crippen LogP contribution is 2.24. The van der Waals surface area contributed by atoms with Crippen molar-refractivity contribution in [3.63, 3.8) is 0 Å². The maximum absolute atomic E-state index is 6.00. The lowest BCUT2D eigenvalue weighted by atomic mass is 10.1. The Hall–Kier alpha value is -1.16. The summed E-state index contributed by atoms with van der Waals surface area (Å²) in [5, 5.41) is 0. The Balaban J connectivity index is 2.09. The van der Waals surface area contributed by atoms with Crippen LogP contribution in [0.4, 0.5) is 0 Å². The van der Waals surface area contributed by atoms with Crippen LogP contribution in [-0.2, 0) is 0 Å². The summed E-state index contributed by atoms with van der Waals surface area (Å²) in [5.74, 6) is 0.729. The molecule has 0 saturated heterocycles. The van der Waals surface area contributed by atoms with Gasteiger partial charge in [-0.2, -0.15) is 0 Å². The summed E-state index contributed by atoms with van der Waals surface area (Å²) in [6, 6.07) is 3.75. The monoisotopic (exact) mass is 250 g/mol. The van der Waals surface area contributed by atoms with Crippen molar-refractivity contribution in [2.75, 3.05) is 0 Å². The standard InChI is InChI=1S/C13H18N2OS/c14-13(17)12-11(8-5-9-15-12)16-10-6-3-1-2-4-7-10/h5,8-10H,1-4,6-7H2,(H2,14,17). The van der Waals surface area contributed by atoms with Crippen LogP contribution in [0.5, 0.6) is 5.75 Å². The third kappa shape index (κ3) is 3.40. The van der Waals surface area contributed by atoms with Crippen LogP contribution in [-0.4, -0.2) is 16.1 Å². The Bertz CT molecular complexity index is 387. The predicted octanol–water partition coefficient (Wildman–Crippen LogP) is 2.82. The van der Waals surface area contributed by atoms with Crippen LogP contribution in [0.3, 0.4) is 0 Å². The van der Waals surface area contributed by atoms with E-state index < -0.39 is 0 Å². The molecule has 0 bridgehead atoms. The molecule has 1 heterocycles. The van der Waals surface area contributed by atoms with Gasteiger partial charge in [0.05, 0.1) is 6.10 Å². The molecule has 2 rings (SSSR count). The largest absolute Gasteiger partial charge is 0.488 e. The van der Waals surface area contributed by atoms with E-state index >= 15 is 0 Å². The number of aromatic nitrogens is 1. The Kier molecular flexibility index (Phi) is 4.31. The van der Waals surface area contributed by atoms with Gasteiger partial charge in [0, 0.05) is 6.20 Å². The Morgan fingerprint density at radius 3 is 2.65 bits per heavy atom. The van der Waals surface area contributed by atoms with Crippen LogP contribution < -0.4 is 10.5 Å². The predicted molar refractivity (Wildman–Crippen MR) is 72.2 cm³/mol. The average molecular weight is 250 g/mol. The number of hydrogen-bond acceptors (Lipinski definition) is 3. The maximum atomic E-state index is 6.00. The second-order valence-electron chi connectivity index (χ2n) is 4.45. The summed E-state index contributed by atoms with van der Waals surface area (Å²) in [4.78, 5) is 4.48. The quantitative estimate of drug-likeness (QED) is 0.662. The Labute approximate surface area is 107 Å². The molecule has 1 aromatic rings. The second kappa shape index (κ2) is 5.96. The van der Waals surface area contributed by atoms with E-state index in [4.69, 9.17) is 22.7 Å². The number of nitrogens with zero attached hydrogens (tertiary/aromatic N) is 1. The minimum atomic E-state index is 0.287. The Morgan fingerprint density at radius 1 is 1.29 bits per heavy atom. The second-order valence-corrected chi connectivity index (χ2v) is 4.89. The van der Waals surface area contributed by atoms with Crippen molar-refractivity contribution in [1.82, 2.24) is 4.98 Å². The summed E-state index contributed by atoms with van der Waals surface area (Å²) >= 11 is 4.98. The molecule has 1 aliphatic carbocycles. The molecule has 17 heavy (non-hydrogen) atoms. The van der Waals surface area contributed by atoms with Crippen molar-refractivity contribution in [1.29, 1.82) is 0 Å². The number of thiocarbonyl (C=S) groups is 1. The lowest BCUT2D eigenvalue weighted by Crippen LogP contribution is -2.19. The maximum Gasteiger partial charge on any atom is 0.148 e. The van der Waals surface area contributed by atoms with E-state index in [2.05, 4.69) is 4.98 Å². The minimum absolute atomic E-state index is 0.287. The van der Waals surface area contributed by atoms with Gasteiger partial charge in [-0.05, 0) is 37.8 Å². The van der Waals surface area contributed by atoms with Crippen molar-refractivity contribution < 1.29 is 4.74 Å². The van der Waals surface area contributed by atoms with E-state index in [0.29, 0.717) is 10.7 Å². The zero-order valence-corrected chi connectivity index (χ0v) is 10.7. The molecule has 1 saturated carbocycles. The van der Waals surface area contributed by atoms with E-state index in [1.807, 2.05) is 12.1 Å². The third-order valence-electron chi connectivity index (χ3n) is 3.10. The van der Waals surface area contributed by atoms with Crippen LogP contribution in [0.1, 0.15) is 44.2 Å². The molecule has 1 fully saturated rings. The molecule has 0 amide bonds. The van der Waals surface area contributed by atoms with Gasteiger partial charge in [-0.15, -0.1) is 0 Å². The van der Waals surface area contributed by atoms with Crippen LogP contribution in [0, 0.1) is 0 Å². The molecular formula is C13H18N2OS. The van der Waals surface area contributed by atoms with Gasteiger partial charge in [0.2, 0.25) is 0 Å². The van der Waals surface area contributed by atoms with Gasteiger partial charge >= 0.3 is 0 Å². The first-order chi connectivity index (χ1) is 8.27. The number of rotatable bonds is 3. The first kappa shape index (κ1) is 12.3. The molecule has 1 aromatic heterocycles. The number of pyridine rings is 1. The van der Waals surface area contributed by atoms with E-state index in [1.54, 1.807) is 6.20 Å². The highest BCUT2D eigenvalue weighted by molar-refractivity contribution is 7.80. The van der Waals surface area contributed by atoms with Gasteiger partial charge in [-0.1, -0.05) is 25.1 Å². The first-order valence-corrected chi connectivity index (χ1v) is 6.59. The van der Waals surface area contributed by atoms with Crippen LogP contribution in [0.2, 0.25) is 0 Å². The van der Waals surface area contributed by atoms with Gasteiger partial charge in [0.1, 0.15) is 16.4 Å². The normalized spacial score (nSPS) is 17.4. The smallest absolute Gasteiger partial charge is 0.148 e. The van der Waals surface area contributed by atoms with Gasteiger partial charge in [0.25, 0.3) is 0 Å². The number of ether oxygens (including phenoxy) is 1. The first-order valence-electron chi connectivity index (χ1n) is 6.19. The fourth-order valence-electron chi connectivity index (χ4n) is 2.21. The number of hydrogen-bond donors (Lipinski definition) is 1. The van der Waals surface area contributed by atoms with Gasteiger partial charge in [-0.3, -0.25) is 0 Å². The van der Waals surface area contributed by atoms with E-state index in [-0.39, 0.29) is 6.10 Å². The molecule has 0 radical (unpaired) electrons. The van der Waals surface area contributed by atoms with E-state index in [0.717, 1.165) is 18.6 Å². The lowest BCUT2D eigenvalue weighted by molar-refractivity contribution is 0.183. The molecular weight excluding hydrogens is 232 g/mol. The minimum Gasteiger partial charge on any atom is -0.488 e. The highest BCUT2D eigenvalue weighted by atomic mass is 32.1. The molecule has 0 aromatic carbocycles. The van der Waals surface area contributed by atoms with E-state index in [1.165, 1.54) is 25.7 Å². The molecule has 0 aliphatic heterocycles. The molecule has 0 atom stereocenters. The zero-order chi connectivity index (χ0) is 12.1. The SMILES string of the molecule is NC(=S)c1ncccc1OC1CCCCCC1. The molecule has 3 nitrogen and oxygen atoms in total. The molecule has 92 valence electrons. The Morgan fingerprint density at radius 2 is 2.00 bits per heavy atom. The van der Waals surface area contributed by atoms with Crippen LogP contribution >= 0.6 is 12.2 Å². The zero-order valence-electron chi connectivity index (χ0n) is 9.89. The molecule has 4 heteroatoms. The topological polar surface area (TPSA) is 48.1 Å². The summed E-state index contributed by atoms with van der Waals surface area (Å²) in [6.07, 6.45) is 9.33. The summed E-state index contributed by atoms with van der Waals surface area (Å²) in [5.41, 5.74) is 6.24. The van der Waals surface area contributed by atoms with Crippen LogP contribution in [0.25, 0.3) is 0 Å². The van der Waals surface area contributed by atoms with Crippen molar-refractivity contribution in [3.8, 4) is 5.75 Å². The van der Waals surface area contributed by atoms with Crippen LogP contribution in [0.15, 0.2) is 18.3 Å². The summed E-state index contributed by atoms with van der Waals surface area (Å²) in [6.45, 7) is 0. The molecule has 0 spiro atoms. The third-order valence-corrected chi connectivity index (χ3v) is 3.29. The average Bonchev–Trinajstić information content (AvgIpc) is 2.58. The summed E-state index contributed by atoms with van der Waals surface area (Å²) < 4.78 is 6.00. The fraction of sp³-hybridized carbons (Fsp3) is 0.538. The van der Waals surface area contributed by atoms with Gasteiger partial charge < -0.3 is 10.5 Å². The highest BCUT2D eigenvalue weighted by Gasteiger charge is 2.16. The van der Waals surface area contributed by atoms with Crippen molar-refractivity contribution in [2.45, 2.75) is 44.6 Å². The molecule has 2 N–H and O–H groups in total. The fourth-order valence-corrected chi connectivity index (χ4v) is 2.36. The van der Waals surface area contributed by atoms with E-state index in [9.17, 15) is 0 Å². The lowest BCUT2D eigenvalue weighted by Gasteiger charge is -2.18. The van der Waals surface area contributed by atoms with Gasteiger partial charge in [0.15, 0.2) is 0 Å². The van der Waals surface area contributed by atoms with Crippen molar-refractivity contribution in [3.05, 3.63) is 24.0 Å². The number of nitrogens with two attached hydrogens (primary N) is 1. The molecule has 1 aliphatic rings. The summed E-state index contributed by atoms with van der Waals surface area (Å²) in [7, 11) is 0. The molecule has 0 unspecified atom stereocenters.